The number of carbonyl (C=O) groups excluding carboxylic acids is 2. The van der Waals surface area contributed by atoms with Crippen molar-refractivity contribution in [2.45, 2.75) is 23.9 Å². The molecule has 13 heteroatoms. The topological polar surface area (TPSA) is 124 Å². The molecule has 0 aliphatic heterocycles. The molecule has 2 amide bonds. The van der Waals surface area contributed by atoms with Gasteiger partial charge in [-0.2, -0.15) is 0 Å². The summed E-state index contributed by atoms with van der Waals surface area (Å²) in [4.78, 5) is 29.3. The van der Waals surface area contributed by atoms with E-state index in [0.29, 0.717) is 22.1 Å². The van der Waals surface area contributed by atoms with Gasteiger partial charge >= 0.3 is 0 Å². The molecule has 0 bridgehead atoms. The number of carbonyl (C=O) groups is 2. The van der Waals surface area contributed by atoms with Gasteiger partial charge in [-0.15, -0.1) is 0 Å². The molecule has 1 unspecified atom stereocenters. The number of sulfonamides is 1. The Hall–Kier alpha value is -4.94. The zero-order chi connectivity index (χ0) is 34.8. The third-order valence-electron chi connectivity index (χ3n) is 7.69. The van der Waals surface area contributed by atoms with Gasteiger partial charge in [0, 0.05) is 37.2 Å². The molecule has 0 radical (unpaired) electrons. The number of anilines is 1. The molecule has 0 aromatic heterocycles. The third-order valence-corrected chi connectivity index (χ3v) is 9.82. The summed E-state index contributed by atoms with van der Waals surface area (Å²) in [7, 11) is 2.63. The summed E-state index contributed by atoms with van der Waals surface area (Å²) >= 11 is 6.53. The first-order chi connectivity index (χ1) is 23.1. The fourth-order valence-corrected chi connectivity index (χ4v) is 6.77. The highest BCUT2D eigenvalue weighted by Crippen LogP contribution is 2.38. The van der Waals surface area contributed by atoms with Gasteiger partial charge in [0.05, 0.1) is 39.0 Å². The lowest BCUT2D eigenvalue weighted by Crippen LogP contribution is -2.53. The van der Waals surface area contributed by atoms with Gasteiger partial charge in [-0.25, -0.2) is 8.42 Å². The van der Waals surface area contributed by atoms with Crippen molar-refractivity contribution >= 4 is 39.1 Å². The second-order valence-corrected chi connectivity index (χ2v) is 12.8. The van der Waals surface area contributed by atoms with Gasteiger partial charge < -0.3 is 29.2 Å². The van der Waals surface area contributed by atoms with E-state index < -0.39 is 34.4 Å². The molecule has 254 valence electrons. The number of amides is 2. The van der Waals surface area contributed by atoms with Gasteiger partial charge in [0.25, 0.3) is 10.0 Å². The van der Waals surface area contributed by atoms with Crippen molar-refractivity contribution in [2.75, 3.05) is 46.3 Å². The SMILES string of the molecule is CNC(=O)C(Cc1ccccc1)N(Cc1ccccc1Cl)C(=O)CN(c1cc(OC)ccc1OC)S(=O)(=O)c1ccc(OC)c(OC)c1. The fourth-order valence-electron chi connectivity index (χ4n) is 5.14. The Morgan fingerprint density at radius 1 is 0.792 bits per heavy atom. The molecule has 0 saturated heterocycles. The Morgan fingerprint density at radius 2 is 1.44 bits per heavy atom. The van der Waals surface area contributed by atoms with E-state index in [-0.39, 0.29) is 35.0 Å². The van der Waals surface area contributed by atoms with Crippen LogP contribution < -0.4 is 28.6 Å². The number of halogens is 1. The van der Waals surface area contributed by atoms with E-state index >= 15 is 0 Å². The minimum atomic E-state index is -4.50. The number of nitrogens with one attached hydrogen (secondary N) is 1. The van der Waals surface area contributed by atoms with Crippen molar-refractivity contribution in [3.63, 3.8) is 0 Å². The maximum Gasteiger partial charge on any atom is 0.265 e. The van der Waals surface area contributed by atoms with Crippen LogP contribution in [0, 0.1) is 0 Å². The molecule has 0 fully saturated rings. The molecule has 0 aliphatic carbocycles. The summed E-state index contributed by atoms with van der Waals surface area (Å²) in [6, 6.07) is 23.9. The van der Waals surface area contributed by atoms with E-state index in [2.05, 4.69) is 5.32 Å². The van der Waals surface area contributed by atoms with Crippen LogP contribution in [0.1, 0.15) is 11.1 Å². The molecule has 1 atom stereocenters. The number of hydrogen-bond acceptors (Lipinski definition) is 8. The predicted octanol–water partition coefficient (Wildman–Crippen LogP) is 4.96. The molecule has 48 heavy (non-hydrogen) atoms. The summed E-state index contributed by atoms with van der Waals surface area (Å²) in [6.07, 6.45) is 0.154. The van der Waals surface area contributed by atoms with Crippen LogP contribution in [-0.4, -0.2) is 73.2 Å². The predicted molar refractivity (Wildman–Crippen MR) is 184 cm³/mol. The van der Waals surface area contributed by atoms with Crippen molar-refractivity contribution in [3.8, 4) is 23.0 Å². The van der Waals surface area contributed by atoms with E-state index in [4.69, 9.17) is 30.5 Å². The van der Waals surface area contributed by atoms with Crippen molar-refractivity contribution in [2.24, 2.45) is 0 Å². The van der Waals surface area contributed by atoms with Crippen molar-refractivity contribution in [3.05, 3.63) is 107 Å². The molecule has 11 nitrogen and oxygen atoms in total. The van der Waals surface area contributed by atoms with Crippen LogP contribution in [0.3, 0.4) is 0 Å². The Morgan fingerprint density at radius 3 is 2.06 bits per heavy atom. The van der Waals surface area contributed by atoms with Crippen LogP contribution in [0.2, 0.25) is 5.02 Å². The quantitative estimate of drug-likeness (QED) is 0.185. The lowest BCUT2D eigenvalue weighted by Gasteiger charge is -2.34. The number of ether oxygens (including phenoxy) is 4. The van der Waals surface area contributed by atoms with E-state index in [1.54, 1.807) is 36.4 Å². The molecule has 1 N–H and O–H groups in total. The number of nitrogens with zero attached hydrogens (tertiary/aromatic N) is 2. The highest BCUT2D eigenvalue weighted by Gasteiger charge is 2.36. The summed E-state index contributed by atoms with van der Waals surface area (Å²) in [5.41, 5.74) is 1.41. The zero-order valence-corrected chi connectivity index (χ0v) is 28.9. The van der Waals surface area contributed by atoms with Crippen LogP contribution >= 0.6 is 11.6 Å². The van der Waals surface area contributed by atoms with Gasteiger partial charge in [-0.3, -0.25) is 13.9 Å². The van der Waals surface area contributed by atoms with Crippen LogP contribution in [0.5, 0.6) is 23.0 Å². The number of likely N-dealkylation sites (N-methyl/N-ethyl adjacent to an activating group) is 1. The Balaban J connectivity index is 1.89. The highest BCUT2D eigenvalue weighted by molar-refractivity contribution is 7.92. The molecule has 4 aromatic carbocycles. The van der Waals surface area contributed by atoms with E-state index in [1.165, 1.54) is 64.7 Å². The first kappa shape index (κ1) is 35.9. The Bertz CT molecular complexity index is 1840. The largest absolute Gasteiger partial charge is 0.497 e. The lowest BCUT2D eigenvalue weighted by atomic mass is 10.0. The molecular weight excluding hydrogens is 658 g/mol. The molecule has 0 saturated carbocycles. The van der Waals surface area contributed by atoms with Crippen LogP contribution in [0.25, 0.3) is 0 Å². The summed E-state index contributed by atoms with van der Waals surface area (Å²) in [6.45, 7) is -0.796. The lowest BCUT2D eigenvalue weighted by molar-refractivity contribution is -0.139. The van der Waals surface area contributed by atoms with Crippen molar-refractivity contribution < 1.29 is 37.0 Å². The first-order valence-corrected chi connectivity index (χ1v) is 16.6. The summed E-state index contributed by atoms with van der Waals surface area (Å²) in [5, 5.41) is 3.04. The van der Waals surface area contributed by atoms with Crippen molar-refractivity contribution in [1.29, 1.82) is 0 Å². The molecule has 4 aromatic rings. The van der Waals surface area contributed by atoms with Gasteiger partial charge in [0.15, 0.2) is 11.5 Å². The maximum absolute atomic E-state index is 14.6. The molecular formula is C35H38ClN3O8S. The average molecular weight is 696 g/mol. The number of methoxy groups -OCH3 is 4. The normalized spacial score (nSPS) is 11.6. The minimum absolute atomic E-state index is 0.0391. The van der Waals surface area contributed by atoms with Gasteiger partial charge in [-0.05, 0) is 41.5 Å². The van der Waals surface area contributed by atoms with Gasteiger partial charge in [-0.1, -0.05) is 60.1 Å². The third kappa shape index (κ3) is 8.12. The number of rotatable bonds is 15. The fraction of sp³-hybridized carbons (Fsp3) is 0.257. The van der Waals surface area contributed by atoms with Crippen LogP contribution in [-0.2, 0) is 32.6 Å². The molecule has 0 heterocycles. The summed E-state index contributed by atoms with van der Waals surface area (Å²) < 4.78 is 51.7. The number of benzene rings is 4. The van der Waals surface area contributed by atoms with Crippen LogP contribution in [0.15, 0.2) is 95.9 Å². The molecule has 0 spiro atoms. The van der Waals surface area contributed by atoms with Gasteiger partial charge in [0.2, 0.25) is 11.8 Å². The Kier molecular flexibility index (Phi) is 12.2. The first-order valence-electron chi connectivity index (χ1n) is 14.8. The molecule has 0 aliphatic rings. The Labute approximate surface area is 286 Å². The smallest absolute Gasteiger partial charge is 0.265 e. The summed E-state index contributed by atoms with van der Waals surface area (Å²) in [5.74, 6) is -0.132. The number of hydrogen-bond donors (Lipinski definition) is 1. The molecule has 4 rings (SSSR count). The second-order valence-electron chi connectivity index (χ2n) is 10.5. The average Bonchev–Trinajstić information content (AvgIpc) is 3.11. The highest BCUT2D eigenvalue weighted by atomic mass is 35.5. The maximum atomic E-state index is 14.6. The van der Waals surface area contributed by atoms with Gasteiger partial charge in [0.1, 0.15) is 24.1 Å². The second kappa shape index (κ2) is 16.2. The minimum Gasteiger partial charge on any atom is -0.497 e. The standard InChI is InChI=1S/C35H38ClN3O8S/c1-37-35(41)30(19-24-11-7-6-8-12-24)38(22-25-13-9-10-14-28(25)36)34(40)23-39(29-20-26(44-2)15-17-31(29)45-3)48(42,43)27-16-18-32(46-4)33(21-27)47-5/h6-18,20-21,30H,19,22-23H2,1-5H3,(H,37,41). The van der Waals surface area contributed by atoms with Crippen molar-refractivity contribution in [1.82, 2.24) is 10.2 Å². The van der Waals surface area contributed by atoms with E-state index in [0.717, 1.165) is 9.87 Å². The van der Waals surface area contributed by atoms with E-state index in [9.17, 15) is 18.0 Å². The zero-order valence-electron chi connectivity index (χ0n) is 27.3. The van der Waals surface area contributed by atoms with E-state index in [1.807, 2.05) is 30.3 Å². The van der Waals surface area contributed by atoms with Crippen LogP contribution in [0.4, 0.5) is 5.69 Å². The monoisotopic (exact) mass is 695 g/mol.